The summed E-state index contributed by atoms with van der Waals surface area (Å²) in [5, 5.41) is 2.58. The summed E-state index contributed by atoms with van der Waals surface area (Å²) in [6, 6.07) is 6.13. The monoisotopic (exact) mass is 291 g/mol. The number of nitrogens with one attached hydrogen (secondary N) is 1. The molecule has 112 valence electrons. The van der Waals surface area contributed by atoms with Gasteiger partial charge in [-0.2, -0.15) is 0 Å². The highest BCUT2D eigenvalue weighted by atomic mass is 19.3. The van der Waals surface area contributed by atoms with Crippen LogP contribution in [0.2, 0.25) is 0 Å². The number of hydrogen-bond acceptors (Lipinski definition) is 1. The lowest BCUT2D eigenvalue weighted by Crippen LogP contribution is -2.39. The highest BCUT2D eigenvalue weighted by molar-refractivity contribution is 5.94. The molecule has 0 spiro atoms. The number of amides is 1. The summed E-state index contributed by atoms with van der Waals surface area (Å²) < 4.78 is 25.1. The fourth-order valence-corrected chi connectivity index (χ4v) is 1.55. The Kier molecular flexibility index (Phi) is 6.61. The number of allylic oxidation sites excluding steroid dienone is 2. The zero-order valence-corrected chi connectivity index (χ0v) is 12.4. The van der Waals surface area contributed by atoms with Crippen molar-refractivity contribution in [2.24, 2.45) is 5.92 Å². The molecule has 0 aliphatic carbocycles. The summed E-state index contributed by atoms with van der Waals surface area (Å²) >= 11 is 0. The number of benzene rings is 1. The van der Waals surface area contributed by atoms with E-state index in [1.807, 2.05) is 13.0 Å². The first-order chi connectivity index (χ1) is 9.95. The van der Waals surface area contributed by atoms with Crippen LogP contribution in [0.4, 0.5) is 8.78 Å². The first-order valence-corrected chi connectivity index (χ1v) is 6.77. The van der Waals surface area contributed by atoms with Crippen molar-refractivity contribution in [3.63, 3.8) is 0 Å². The zero-order chi connectivity index (χ0) is 15.8. The fraction of sp³-hybridized carbons (Fsp3) is 0.353. The molecule has 1 rings (SSSR count). The molecule has 2 unspecified atom stereocenters. The van der Waals surface area contributed by atoms with Gasteiger partial charge < -0.3 is 5.32 Å². The Hall–Kier alpha value is -2.15. The Morgan fingerprint density at radius 1 is 1.24 bits per heavy atom. The lowest BCUT2D eigenvalue weighted by atomic mass is 10.0. The van der Waals surface area contributed by atoms with Gasteiger partial charge in [0.1, 0.15) is 0 Å². The number of halogens is 2. The van der Waals surface area contributed by atoms with Gasteiger partial charge in [-0.1, -0.05) is 24.8 Å². The van der Waals surface area contributed by atoms with Gasteiger partial charge in [-0.05, 0) is 44.2 Å². The number of carbonyl (C=O) groups excluding carboxylic acids is 1. The van der Waals surface area contributed by atoms with Crippen LogP contribution in [0.25, 0.3) is 0 Å². The van der Waals surface area contributed by atoms with Gasteiger partial charge in [0.05, 0.1) is 0 Å². The van der Waals surface area contributed by atoms with Crippen molar-refractivity contribution in [1.29, 1.82) is 0 Å². The number of hydrogen-bond donors (Lipinski definition) is 1. The third kappa shape index (κ3) is 5.39. The molecule has 21 heavy (non-hydrogen) atoms. The Balaban J connectivity index is 2.70. The molecule has 1 N–H and O–H groups in total. The van der Waals surface area contributed by atoms with E-state index < -0.39 is 18.4 Å². The number of alkyl halides is 2. The van der Waals surface area contributed by atoms with Gasteiger partial charge in [-0.25, -0.2) is 8.78 Å². The average molecular weight is 291 g/mol. The normalized spacial score (nSPS) is 13.6. The van der Waals surface area contributed by atoms with Crippen molar-refractivity contribution in [2.45, 2.75) is 33.2 Å². The molecular weight excluding hydrogens is 272 g/mol. The van der Waals surface area contributed by atoms with E-state index in [4.69, 9.17) is 0 Å². The van der Waals surface area contributed by atoms with Gasteiger partial charge in [0.2, 0.25) is 6.43 Å². The molecule has 0 saturated carbocycles. The average Bonchev–Trinajstić information content (AvgIpc) is 2.47. The number of carbonyl (C=O) groups is 1. The quantitative estimate of drug-likeness (QED) is 0.843. The minimum absolute atomic E-state index is 0.358. The van der Waals surface area contributed by atoms with Crippen LogP contribution in [0.15, 0.2) is 36.4 Å². The minimum atomic E-state index is -2.45. The van der Waals surface area contributed by atoms with E-state index in [2.05, 4.69) is 17.2 Å². The molecular formula is C17H19F2NO. The SMILES string of the molecule is C/C=C/C#Cc1ccc(C(=O)NC(C)C(C)C(F)F)cc1. The van der Waals surface area contributed by atoms with Gasteiger partial charge in [-0.3, -0.25) is 4.79 Å². The van der Waals surface area contributed by atoms with Crippen LogP contribution in [0.5, 0.6) is 0 Å². The second kappa shape index (κ2) is 8.21. The van der Waals surface area contributed by atoms with E-state index in [1.54, 1.807) is 37.3 Å². The minimum Gasteiger partial charge on any atom is -0.349 e. The third-order valence-corrected chi connectivity index (χ3v) is 3.16. The Morgan fingerprint density at radius 2 is 1.86 bits per heavy atom. The molecule has 0 heterocycles. The van der Waals surface area contributed by atoms with Crippen LogP contribution in [0.3, 0.4) is 0 Å². The van der Waals surface area contributed by atoms with E-state index in [9.17, 15) is 13.6 Å². The van der Waals surface area contributed by atoms with Crippen molar-refractivity contribution >= 4 is 5.91 Å². The predicted molar refractivity (Wildman–Crippen MR) is 80.2 cm³/mol. The van der Waals surface area contributed by atoms with Crippen LogP contribution >= 0.6 is 0 Å². The summed E-state index contributed by atoms with van der Waals surface area (Å²) in [5.74, 6) is 4.52. The van der Waals surface area contributed by atoms with E-state index >= 15 is 0 Å². The van der Waals surface area contributed by atoms with Gasteiger partial charge in [0, 0.05) is 23.1 Å². The lowest BCUT2D eigenvalue weighted by Gasteiger charge is -2.20. The summed E-state index contributed by atoms with van der Waals surface area (Å²) in [7, 11) is 0. The van der Waals surface area contributed by atoms with E-state index in [0.717, 1.165) is 5.56 Å². The molecule has 0 saturated heterocycles. The molecule has 0 aromatic heterocycles. The topological polar surface area (TPSA) is 29.1 Å². The van der Waals surface area contributed by atoms with E-state index in [0.29, 0.717) is 5.56 Å². The van der Waals surface area contributed by atoms with Crippen LogP contribution < -0.4 is 5.32 Å². The Labute approximate surface area is 124 Å². The molecule has 4 heteroatoms. The predicted octanol–water partition coefficient (Wildman–Crippen LogP) is 3.63. The number of rotatable bonds is 4. The van der Waals surface area contributed by atoms with Crippen LogP contribution in [0, 0.1) is 17.8 Å². The molecule has 1 aromatic rings. The van der Waals surface area contributed by atoms with Crippen LogP contribution in [-0.4, -0.2) is 18.4 Å². The second-order valence-electron chi connectivity index (χ2n) is 4.80. The molecule has 0 bridgehead atoms. The van der Waals surface area contributed by atoms with Gasteiger partial charge >= 0.3 is 0 Å². The Bertz CT molecular complexity index is 552. The first kappa shape index (κ1) is 16.9. The molecule has 1 amide bonds. The van der Waals surface area contributed by atoms with Gasteiger partial charge in [-0.15, -0.1) is 0 Å². The van der Waals surface area contributed by atoms with Crippen LogP contribution in [-0.2, 0) is 0 Å². The summed E-state index contributed by atoms with van der Waals surface area (Å²) in [4.78, 5) is 12.0. The van der Waals surface area contributed by atoms with Crippen molar-refractivity contribution in [3.8, 4) is 11.8 Å². The Morgan fingerprint density at radius 3 is 2.38 bits per heavy atom. The maximum Gasteiger partial charge on any atom is 0.251 e. The smallest absolute Gasteiger partial charge is 0.251 e. The molecule has 2 nitrogen and oxygen atoms in total. The summed E-state index contributed by atoms with van der Waals surface area (Å²) in [6.45, 7) is 4.87. The fourth-order valence-electron chi connectivity index (χ4n) is 1.55. The molecule has 0 aliphatic rings. The maximum atomic E-state index is 12.6. The summed E-state index contributed by atoms with van der Waals surface area (Å²) in [5.41, 5.74) is 1.22. The van der Waals surface area contributed by atoms with Crippen molar-refractivity contribution in [2.75, 3.05) is 0 Å². The molecule has 0 aliphatic heterocycles. The van der Waals surface area contributed by atoms with E-state index in [1.165, 1.54) is 6.92 Å². The maximum absolute atomic E-state index is 12.6. The second-order valence-corrected chi connectivity index (χ2v) is 4.80. The highest BCUT2D eigenvalue weighted by Crippen LogP contribution is 2.14. The third-order valence-electron chi connectivity index (χ3n) is 3.16. The molecule has 1 aromatic carbocycles. The highest BCUT2D eigenvalue weighted by Gasteiger charge is 2.23. The van der Waals surface area contributed by atoms with Crippen LogP contribution in [0.1, 0.15) is 36.7 Å². The van der Waals surface area contributed by atoms with Crippen molar-refractivity contribution in [1.82, 2.24) is 5.32 Å². The largest absolute Gasteiger partial charge is 0.349 e. The molecule has 2 atom stereocenters. The van der Waals surface area contributed by atoms with E-state index in [-0.39, 0.29) is 5.91 Å². The first-order valence-electron chi connectivity index (χ1n) is 6.77. The van der Waals surface area contributed by atoms with Gasteiger partial charge in [0.25, 0.3) is 5.91 Å². The van der Waals surface area contributed by atoms with Crippen molar-refractivity contribution in [3.05, 3.63) is 47.5 Å². The lowest BCUT2D eigenvalue weighted by molar-refractivity contribution is 0.0636. The van der Waals surface area contributed by atoms with Crippen molar-refractivity contribution < 1.29 is 13.6 Å². The molecule has 0 radical (unpaired) electrons. The zero-order valence-electron chi connectivity index (χ0n) is 12.4. The van der Waals surface area contributed by atoms with Gasteiger partial charge in [0.15, 0.2) is 0 Å². The molecule has 0 fully saturated rings. The standard InChI is InChI=1S/C17H19F2NO/c1-4-5-6-7-14-8-10-15(11-9-14)17(21)20-13(3)12(2)16(18)19/h4-5,8-13,16H,1-3H3,(H,20,21)/b5-4+. The summed E-state index contributed by atoms with van der Waals surface area (Å²) in [6.07, 6.45) is 1.11.